The van der Waals surface area contributed by atoms with Crippen molar-refractivity contribution >= 4 is 49.2 Å². The number of benzene rings is 1. The molecule has 0 unspecified atom stereocenters. The summed E-state index contributed by atoms with van der Waals surface area (Å²) in [6.07, 6.45) is 0.251. The van der Waals surface area contributed by atoms with Gasteiger partial charge in [-0.25, -0.2) is 0 Å². The van der Waals surface area contributed by atoms with Gasteiger partial charge in [0.05, 0.1) is 5.69 Å². The third-order valence-corrected chi connectivity index (χ3v) is 4.18. The summed E-state index contributed by atoms with van der Waals surface area (Å²) in [5, 5.41) is 4.72. The molecule has 0 spiro atoms. The highest BCUT2D eigenvalue weighted by Crippen LogP contribution is 2.24. The van der Waals surface area contributed by atoms with E-state index in [1.165, 1.54) is 0 Å². The predicted octanol–water partition coefficient (Wildman–Crippen LogP) is 4.33. The lowest BCUT2D eigenvalue weighted by Gasteiger charge is -2.03. The molecule has 0 radical (unpaired) electrons. The van der Waals surface area contributed by atoms with E-state index in [0.29, 0.717) is 10.7 Å². The largest absolute Gasteiger partial charge is 0.294 e. The number of Topliss-reactive ketones (excluding diaryl/α,β-unsaturated/α-hetero) is 1. The van der Waals surface area contributed by atoms with Gasteiger partial charge in [0.2, 0.25) is 0 Å². The zero-order valence-corrected chi connectivity index (χ0v) is 14.3. The van der Waals surface area contributed by atoms with Gasteiger partial charge in [-0.15, -0.1) is 0 Å². The first-order valence-electron chi connectivity index (χ1n) is 5.55. The summed E-state index contributed by atoms with van der Waals surface area (Å²) in [6.45, 7) is 1.85. The van der Waals surface area contributed by atoms with E-state index in [1.807, 2.05) is 13.0 Å². The van der Waals surface area contributed by atoms with E-state index < -0.39 is 0 Å². The van der Waals surface area contributed by atoms with Crippen LogP contribution in [0.5, 0.6) is 0 Å². The van der Waals surface area contributed by atoms with Crippen LogP contribution >= 0.6 is 43.5 Å². The van der Waals surface area contributed by atoms with Crippen molar-refractivity contribution in [3.05, 3.63) is 49.1 Å². The fourth-order valence-corrected chi connectivity index (χ4v) is 3.39. The van der Waals surface area contributed by atoms with Crippen molar-refractivity contribution in [2.45, 2.75) is 13.3 Å². The Labute approximate surface area is 133 Å². The van der Waals surface area contributed by atoms with Crippen molar-refractivity contribution in [1.29, 1.82) is 0 Å². The number of hydrogen-bond acceptors (Lipinski definition) is 2. The van der Waals surface area contributed by atoms with Crippen LogP contribution in [0.1, 0.15) is 21.6 Å². The zero-order valence-electron chi connectivity index (χ0n) is 10.4. The van der Waals surface area contributed by atoms with Crippen LogP contribution in [-0.2, 0) is 13.5 Å². The number of nitrogens with zero attached hydrogens (tertiary/aromatic N) is 2. The summed E-state index contributed by atoms with van der Waals surface area (Å²) in [4.78, 5) is 12.3. The van der Waals surface area contributed by atoms with Gasteiger partial charge >= 0.3 is 0 Å². The Kier molecular flexibility index (Phi) is 4.48. The zero-order chi connectivity index (χ0) is 14.2. The molecule has 0 saturated carbocycles. The molecule has 0 fully saturated rings. The molecule has 0 amide bonds. The van der Waals surface area contributed by atoms with Crippen LogP contribution in [0.25, 0.3) is 0 Å². The average Bonchev–Trinajstić information content (AvgIpc) is 2.54. The van der Waals surface area contributed by atoms with E-state index >= 15 is 0 Å². The molecule has 0 aliphatic carbocycles. The van der Waals surface area contributed by atoms with Gasteiger partial charge in [0, 0.05) is 33.5 Å². The summed E-state index contributed by atoms with van der Waals surface area (Å²) < 4.78 is 3.30. The normalized spacial score (nSPS) is 10.8. The number of rotatable bonds is 3. The molecular formula is C13H11Br2ClN2O. The second kappa shape index (κ2) is 5.77. The number of hydrogen-bond donors (Lipinski definition) is 0. The minimum absolute atomic E-state index is 0.0139. The van der Waals surface area contributed by atoms with Crippen molar-refractivity contribution in [3.63, 3.8) is 0 Å². The average molecular weight is 407 g/mol. The first-order valence-corrected chi connectivity index (χ1v) is 7.52. The van der Waals surface area contributed by atoms with Gasteiger partial charge in [-0.2, -0.15) is 5.10 Å². The molecule has 1 aromatic heterocycles. The van der Waals surface area contributed by atoms with E-state index in [4.69, 9.17) is 11.6 Å². The maximum absolute atomic E-state index is 12.3. The van der Waals surface area contributed by atoms with Crippen LogP contribution in [0, 0.1) is 6.92 Å². The molecule has 2 rings (SSSR count). The molecule has 0 bridgehead atoms. The topological polar surface area (TPSA) is 34.9 Å². The first-order chi connectivity index (χ1) is 8.88. The van der Waals surface area contributed by atoms with E-state index in [2.05, 4.69) is 37.0 Å². The lowest BCUT2D eigenvalue weighted by Crippen LogP contribution is -2.04. The standard InChI is InChI=1S/C13H11Br2ClN2O/c1-7-11(13(16)18(2)17-7)6-12(19)8-3-9(14)5-10(15)4-8/h3-5H,6H2,1-2H3. The lowest BCUT2D eigenvalue weighted by molar-refractivity contribution is 0.0992. The van der Waals surface area contributed by atoms with Gasteiger partial charge in [-0.05, 0) is 25.1 Å². The second-order valence-corrected chi connectivity index (χ2v) is 6.43. The van der Waals surface area contributed by atoms with Crippen molar-refractivity contribution < 1.29 is 4.79 Å². The summed E-state index contributed by atoms with van der Waals surface area (Å²) in [5.74, 6) is 0.0139. The molecule has 2 aromatic rings. The van der Waals surface area contributed by atoms with Crippen LogP contribution in [0.2, 0.25) is 5.15 Å². The molecule has 19 heavy (non-hydrogen) atoms. The van der Waals surface area contributed by atoms with Crippen LogP contribution in [-0.4, -0.2) is 15.6 Å². The maximum Gasteiger partial charge on any atom is 0.167 e. The van der Waals surface area contributed by atoms with Gasteiger partial charge in [0.25, 0.3) is 0 Å². The molecule has 0 aliphatic rings. The monoisotopic (exact) mass is 404 g/mol. The SMILES string of the molecule is Cc1nn(C)c(Cl)c1CC(=O)c1cc(Br)cc(Br)c1. The Morgan fingerprint density at radius 2 is 1.89 bits per heavy atom. The van der Waals surface area contributed by atoms with E-state index in [9.17, 15) is 4.79 Å². The Hall–Kier alpha value is -0.650. The highest BCUT2D eigenvalue weighted by Gasteiger charge is 2.16. The predicted molar refractivity (Wildman–Crippen MR) is 82.8 cm³/mol. The van der Waals surface area contributed by atoms with E-state index in [-0.39, 0.29) is 12.2 Å². The van der Waals surface area contributed by atoms with Gasteiger partial charge < -0.3 is 0 Å². The fraction of sp³-hybridized carbons (Fsp3) is 0.231. The van der Waals surface area contributed by atoms with Gasteiger partial charge in [0.1, 0.15) is 5.15 Å². The summed E-state index contributed by atoms with van der Waals surface area (Å²) in [5.41, 5.74) is 2.21. The van der Waals surface area contributed by atoms with Gasteiger partial charge in [-0.1, -0.05) is 43.5 Å². The van der Waals surface area contributed by atoms with E-state index in [0.717, 1.165) is 20.2 Å². The third-order valence-electron chi connectivity index (χ3n) is 2.79. The molecule has 0 N–H and O–H groups in total. The summed E-state index contributed by atoms with van der Waals surface area (Å²) in [6, 6.07) is 5.48. The Bertz CT molecular complexity index is 632. The van der Waals surface area contributed by atoms with Crippen molar-refractivity contribution in [3.8, 4) is 0 Å². The number of carbonyl (C=O) groups is 1. The number of aryl methyl sites for hydroxylation is 2. The van der Waals surface area contributed by atoms with Crippen LogP contribution < -0.4 is 0 Å². The molecule has 0 saturated heterocycles. The summed E-state index contributed by atoms with van der Waals surface area (Å²) in [7, 11) is 1.76. The van der Waals surface area contributed by atoms with Crippen molar-refractivity contribution in [2.75, 3.05) is 0 Å². The Morgan fingerprint density at radius 3 is 2.37 bits per heavy atom. The summed E-state index contributed by atoms with van der Waals surface area (Å²) >= 11 is 12.9. The van der Waals surface area contributed by atoms with Crippen molar-refractivity contribution in [1.82, 2.24) is 9.78 Å². The first kappa shape index (κ1) is 14.8. The fourth-order valence-electron chi connectivity index (χ4n) is 1.85. The molecular weight excluding hydrogens is 395 g/mol. The highest BCUT2D eigenvalue weighted by atomic mass is 79.9. The van der Waals surface area contributed by atoms with Crippen molar-refractivity contribution in [2.24, 2.45) is 7.05 Å². The Balaban J connectivity index is 2.30. The molecule has 3 nitrogen and oxygen atoms in total. The Morgan fingerprint density at radius 1 is 1.32 bits per heavy atom. The van der Waals surface area contributed by atoms with Crippen LogP contribution in [0.15, 0.2) is 27.1 Å². The second-order valence-electron chi connectivity index (χ2n) is 4.24. The van der Waals surface area contributed by atoms with Crippen LogP contribution in [0.4, 0.5) is 0 Å². The number of aromatic nitrogens is 2. The molecule has 6 heteroatoms. The highest BCUT2D eigenvalue weighted by molar-refractivity contribution is 9.11. The maximum atomic E-state index is 12.3. The molecule has 0 atom stereocenters. The minimum atomic E-state index is 0.0139. The quantitative estimate of drug-likeness (QED) is 0.711. The molecule has 100 valence electrons. The van der Waals surface area contributed by atoms with Gasteiger partial charge in [0.15, 0.2) is 5.78 Å². The molecule has 0 aliphatic heterocycles. The van der Waals surface area contributed by atoms with Crippen LogP contribution in [0.3, 0.4) is 0 Å². The lowest BCUT2D eigenvalue weighted by atomic mass is 10.0. The number of ketones is 1. The molecule has 1 aromatic carbocycles. The third kappa shape index (κ3) is 3.27. The number of carbonyl (C=O) groups excluding carboxylic acids is 1. The van der Waals surface area contributed by atoms with Gasteiger partial charge in [-0.3, -0.25) is 9.48 Å². The minimum Gasteiger partial charge on any atom is -0.294 e. The molecule has 1 heterocycles. The smallest absolute Gasteiger partial charge is 0.167 e. The number of halogens is 3. The van der Waals surface area contributed by atoms with E-state index in [1.54, 1.807) is 23.9 Å².